The molecule has 0 aromatic carbocycles. The van der Waals surface area contributed by atoms with Crippen LogP contribution in [0.4, 0.5) is 5.82 Å². The van der Waals surface area contributed by atoms with E-state index >= 15 is 0 Å². The fraction of sp³-hybridized carbons (Fsp3) is 0. The Hall–Kier alpha value is -1.49. The van der Waals surface area contributed by atoms with E-state index in [1.807, 2.05) is 5.38 Å². The molecule has 2 aromatic heterocycles. The first-order chi connectivity index (χ1) is 5.86. The van der Waals surface area contributed by atoms with Gasteiger partial charge in [-0.15, -0.1) is 21.5 Å². The van der Waals surface area contributed by atoms with Gasteiger partial charge < -0.3 is 5.73 Å². The average Bonchev–Trinajstić information content (AvgIpc) is 2.58. The molecule has 0 fully saturated rings. The molecule has 0 aliphatic carbocycles. The largest absolute Gasteiger partial charge is 0.382 e. The van der Waals surface area contributed by atoms with Crippen LogP contribution in [0.1, 0.15) is 0 Å². The van der Waals surface area contributed by atoms with Crippen LogP contribution in [0.25, 0.3) is 11.4 Å². The molecule has 0 atom stereocenters. The number of hydrogen-bond donors (Lipinski definition) is 1. The molecule has 0 aliphatic heterocycles. The number of thiazole rings is 1. The van der Waals surface area contributed by atoms with Crippen LogP contribution in [0.15, 0.2) is 23.0 Å². The summed E-state index contributed by atoms with van der Waals surface area (Å²) in [5.74, 6) is 0.425. The third-order valence-corrected chi connectivity index (χ3v) is 1.97. The molecule has 2 heterocycles. The summed E-state index contributed by atoms with van der Waals surface area (Å²) in [7, 11) is 0. The van der Waals surface area contributed by atoms with Crippen LogP contribution >= 0.6 is 11.3 Å². The van der Waals surface area contributed by atoms with Gasteiger partial charge >= 0.3 is 0 Å². The van der Waals surface area contributed by atoms with Gasteiger partial charge in [0.05, 0.1) is 5.51 Å². The molecule has 0 unspecified atom stereocenters. The minimum Gasteiger partial charge on any atom is -0.382 e. The standard InChI is InChI=1S/C7H6N4S/c8-7-2-1-5(10-11-7)6-3-12-4-9-6/h1-4H,(H2,8,11). The fourth-order valence-electron chi connectivity index (χ4n) is 0.818. The first kappa shape index (κ1) is 7.17. The number of anilines is 1. The van der Waals surface area contributed by atoms with Gasteiger partial charge in [-0.3, -0.25) is 0 Å². The highest BCUT2D eigenvalue weighted by Crippen LogP contribution is 2.15. The van der Waals surface area contributed by atoms with Crippen LogP contribution in [0.3, 0.4) is 0 Å². The Labute approximate surface area is 73.1 Å². The number of aromatic nitrogens is 3. The molecule has 2 aromatic rings. The Balaban J connectivity index is 2.43. The number of rotatable bonds is 1. The number of nitrogens with zero attached hydrogens (tertiary/aromatic N) is 3. The van der Waals surface area contributed by atoms with E-state index in [2.05, 4.69) is 15.2 Å². The third-order valence-electron chi connectivity index (χ3n) is 1.38. The van der Waals surface area contributed by atoms with Gasteiger partial charge in [-0.2, -0.15) is 0 Å². The van der Waals surface area contributed by atoms with Crippen LogP contribution < -0.4 is 5.73 Å². The topological polar surface area (TPSA) is 64.7 Å². The highest BCUT2D eigenvalue weighted by molar-refractivity contribution is 7.07. The predicted molar refractivity (Wildman–Crippen MR) is 47.6 cm³/mol. The van der Waals surface area contributed by atoms with Gasteiger partial charge in [0.15, 0.2) is 0 Å². The Morgan fingerprint density at radius 2 is 2.08 bits per heavy atom. The summed E-state index contributed by atoms with van der Waals surface area (Å²) >= 11 is 1.53. The zero-order valence-corrected chi connectivity index (χ0v) is 6.95. The van der Waals surface area contributed by atoms with Gasteiger partial charge in [-0.05, 0) is 12.1 Å². The van der Waals surface area contributed by atoms with Crippen molar-refractivity contribution in [3.63, 3.8) is 0 Å². The van der Waals surface area contributed by atoms with Gasteiger partial charge in [0.1, 0.15) is 17.2 Å². The lowest BCUT2D eigenvalue weighted by Gasteiger charge is -1.93. The predicted octanol–water partition coefficient (Wildman–Crippen LogP) is 1.18. The molecular formula is C7H6N4S. The summed E-state index contributed by atoms with van der Waals surface area (Å²) in [4.78, 5) is 4.09. The third kappa shape index (κ3) is 1.26. The van der Waals surface area contributed by atoms with Gasteiger partial charge in [-0.1, -0.05) is 0 Å². The van der Waals surface area contributed by atoms with E-state index < -0.39 is 0 Å². The maximum absolute atomic E-state index is 5.39. The van der Waals surface area contributed by atoms with Crippen molar-refractivity contribution in [1.82, 2.24) is 15.2 Å². The van der Waals surface area contributed by atoms with E-state index in [0.717, 1.165) is 11.4 Å². The molecule has 60 valence electrons. The number of nitrogen functional groups attached to an aromatic ring is 1. The summed E-state index contributed by atoms with van der Waals surface area (Å²) in [6.07, 6.45) is 0. The molecule has 0 bridgehead atoms. The second-order valence-electron chi connectivity index (χ2n) is 2.22. The fourth-order valence-corrected chi connectivity index (χ4v) is 1.36. The maximum atomic E-state index is 5.39. The maximum Gasteiger partial charge on any atom is 0.146 e. The molecule has 4 nitrogen and oxygen atoms in total. The van der Waals surface area contributed by atoms with E-state index in [9.17, 15) is 0 Å². The molecule has 0 aliphatic rings. The Bertz CT molecular complexity index is 353. The molecule has 2 N–H and O–H groups in total. The SMILES string of the molecule is Nc1ccc(-c2cscn2)nn1. The molecule has 2 rings (SSSR count). The van der Waals surface area contributed by atoms with Crippen molar-refractivity contribution in [2.24, 2.45) is 0 Å². The van der Waals surface area contributed by atoms with E-state index in [1.165, 1.54) is 11.3 Å². The lowest BCUT2D eigenvalue weighted by Crippen LogP contribution is -1.93. The first-order valence-electron chi connectivity index (χ1n) is 3.34. The lowest BCUT2D eigenvalue weighted by atomic mass is 10.3. The second kappa shape index (κ2) is 2.86. The van der Waals surface area contributed by atoms with Crippen molar-refractivity contribution >= 4 is 17.2 Å². The molecule has 0 spiro atoms. The van der Waals surface area contributed by atoms with E-state index in [4.69, 9.17) is 5.73 Å². The van der Waals surface area contributed by atoms with Crippen LogP contribution in [0.5, 0.6) is 0 Å². The molecule has 5 heteroatoms. The van der Waals surface area contributed by atoms with E-state index in [0.29, 0.717) is 5.82 Å². The Morgan fingerprint density at radius 3 is 2.67 bits per heavy atom. The van der Waals surface area contributed by atoms with Crippen LogP contribution in [-0.4, -0.2) is 15.2 Å². The quantitative estimate of drug-likeness (QED) is 0.712. The molecular weight excluding hydrogens is 172 g/mol. The number of hydrogen-bond acceptors (Lipinski definition) is 5. The van der Waals surface area contributed by atoms with Crippen LogP contribution in [0, 0.1) is 0 Å². The molecule has 0 amide bonds. The minimum atomic E-state index is 0.425. The Kier molecular flexibility index (Phi) is 1.71. The van der Waals surface area contributed by atoms with Crippen LogP contribution in [-0.2, 0) is 0 Å². The highest BCUT2D eigenvalue weighted by atomic mass is 32.1. The lowest BCUT2D eigenvalue weighted by molar-refractivity contribution is 1.04. The van der Waals surface area contributed by atoms with Crippen molar-refractivity contribution in [1.29, 1.82) is 0 Å². The highest BCUT2D eigenvalue weighted by Gasteiger charge is 2.00. The summed E-state index contributed by atoms with van der Waals surface area (Å²) in [5.41, 5.74) is 8.74. The normalized spacial score (nSPS) is 10.0. The van der Waals surface area contributed by atoms with Gasteiger partial charge in [0, 0.05) is 5.38 Å². The average molecular weight is 178 g/mol. The Morgan fingerprint density at radius 1 is 1.17 bits per heavy atom. The zero-order valence-electron chi connectivity index (χ0n) is 6.14. The van der Waals surface area contributed by atoms with Crippen molar-refractivity contribution in [3.8, 4) is 11.4 Å². The van der Waals surface area contributed by atoms with Gasteiger partial charge in [0.25, 0.3) is 0 Å². The molecule has 0 radical (unpaired) electrons. The minimum absolute atomic E-state index is 0.425. The molecule has 0 saturated heterocycles. The summed E-state index contributed by atoms with van der Waals surface area (Å²) in [5, 5.41) is 9.53. The zero-order chi connectivity index (χ0) is 8.39. The summed E-state index contributed by atoms with van der Waals surface area (Å²) in [6, 6.07) is 3.51. The van der Waals surface area contributed by atoms with E-state index in [1.54, 1.807) is 17.6 Å². The van der Waals surface area contributed by atoms with Crippen molar-refractivity contribution in [2.75, 3.05) is 5.73 Å². The first-order valence-corrected chi connectivity index (χ1v) is 4.28. The molecule has 0 saturated carbocycles. The monoisotopic (exact) mass is 178 g/mol. The van der Waals surface area contributed by atoms with E-state index in [-0.39, 0.29) is 0 Å². The van der Waals surface area contributed by atoms with Gasteiger partial charge in [-0.25, -0.2) is 4.98 Å². The second-order valence-corrected chi connectivity index (χ2v) is 2.94. The van der Waals surface area contributed by atoms with Crippen LogP contribution in [0.2, 0.25) is 0 Å². The molecule has 12 heavy (non-hydrogen) atoms. The van der Waals surface area contributed by atoms with Crippen molar-refractivity contribution < 1.29 is 0 Å². The van der Waals surface area contributed by atoms with Crippen molar-refractivity contribution in [2.45, 2.75) is 0 Å². The summed E-state index contributed by atoms with van der Waals surface area (Å²) < 4.78 is 0. The van der Waals surface area contributed by atoms with Gasteiger partial charge in [0.2, 0.25) is 0 Å². The smallest absolute Gasteiger partial charge is 0.146 e. The summed E-state index contributed by atoms with van der Waals surface area (Å²) in [6.45, 7) is 0. The van der Waals surface area contributed by atoms with Crippen molar-refractivity contribution in [3.05, 3.63) is 23.0 Å². The number of nitrogens with two attached hydrogens (primary N) is 1.